The summed E-state index contributed by atoms with van der Waals surface area (Å²) in [5, 5.41) is 38.1. The fraction of sp³-hybridized carbons (Fsp3) is 1.00. The molecule has 2 saturated heterocycles. The molecule has 2 aliphatic heterocycles. The number of ether oxygens (including phenoxy) is 2. The Labute approximate surface area is 199 Å². The van der Waals surface area contributed by atoms with Crippen molar-refractivity contribution in [3.63, 3.8) is 0 Å². The molecule has 25 heteroatoms. The highest BCUT2D eigenvalue weighted by atomic mass is 31.3. The summed E-state index contributed by atoms with van der Waals surface area (Å²) in [5.74, 6) is 0. The van der Waals surface area contributed by atoms with Crippen LogP contribution in [0.1, 0.15) is 0 Å². The van der Waals surface area contributed by atoms with Gasteiger partial charge in [0.05, 0.1) is 25.4 Å². The first-order chi connectivity index (χ1) is 15.7. The summed E-state index contributed by atoms with van der Waals surface area (Å²) in [7, 11) is -12.7. The Morgan fingerprint density at radius 1 is 0.571 bits per heavy atom. The van der Waals surface area contributed by atoms with E-state index in [4.69, 9.17) is 25.2 Å². The maximum atomic E-state index is 11.8. The highest BCUT2D eigenvalue weighted by Gasteiger charge is 2.48. The van der Waals surface area contributed by atoms with Gasteiger partial charge in [0.25, 0.3) is 0 Å². The van der Waals surface area contributed by atoms with E-state index in [1.54, 1.807) is 0 Å². The second-order valence-electron chi connectivity index (χ2n) is 6.95. The minimum atomic E-state index is -6.04. The van der Waals surface area contributed by atoms with Crippen LogP contribution in [0.3, 0.4) is 0 Å². The number of rotatable bonds is 12. The smallest absolute Gasteiger partial charge is 0.388 e. The fourth-order valence-electron chi connectivity index (χ4n) is 2.63. The van der Waals surface area contributed by atoms with Gasteiger partial charge < -0.3 is 49.5 Å². The molecule has 0 aromatic heterocycles. The largest absolute Gasteiger partial charge is 0.490 e. The Morgan fingerprint density at radius 3 is 1.11 bits per heavy atom. The summed E-state index contributed by atoms with van der Waals surface area (Å²) >= 11 is 0. The van der Waals surface area contributed by atoms with Crippen LogP contribution in [0.5, 0.6) is 0 Å². The van der Waals surface area contributed by atoms with Crippen molar-refractivity contribution in [2.45, 2.75) is 48.6 Å². The third-order valence-corrected chi connectivity index (χ3v) is 10.1. The van der Waals surface area contributed by atoms with E-state index in [0.29, 0.717) is 0 Å². The van der Waals surface area contributed by atoms with Crippen molar-refractivity contribution in [1.82, 2.24) is 0 Å². The van der Waals surface area contributed by atoms with Crippen LogP contribution in [-0.4, -0.2) is 118 Å². The third kappa shape index (κ3) is 9.30. The lowest BCUT2D eigenvalue weighted by Gasteiger charge is -2.21. The van der Waals surface area contributed by atoms with Crippen LogP contribution in [-0.2, 0) is 49.7 Å². The summed E-state index contributed by atoms with van der Waals surface area (Å²) < 4.78 is 76.5. The average molecular weight is 590 g/mol. The van der Waals surface area contributed by atoms with Gasteiger partial charge >= 0.3 is 31.3 Å². The Bertz CT molecular complexity index is 863. The number of phosphoric acid groups is 4. The molecule has 0 amide bonds. The van der Waals surface area contributed by atoms with Crippen molar-refractivity contribution in [2.75, 3.05) is 13.2 Å². The van der Waals surface area contributed by atoms with Crippen LogP contribution in [0.4, 0.5) is 0 Å². The van der Waals surface area contributed by atoms with Crippen molar-refractivity contribution < 1.29 is 89.7 Å². The molecule has 35 heavy (non-hydrogen) atoms. The molecule has 0 aromatic carbocycles. The molecule has 12 atom stereocenters. The molecule has 2 fully saturated rings. The number of aliphatic hydroxyl groups excluding tert-OH is 4. The zero-order chi connectivity index (χ0) is 27.0. The first-order valence-electron chi connectivity index (χ1n) is 9.03. The van der Waals surface area contributed by atoms with E-state index < -0.39 is 93.1 Å². The van der Waals surface area contributed by atoms with Gasteiger partial charge in [0.15, 0.2) is 0 Å². The van der Waals surface area contributed by atoms with Crippen molar-refractivity contribution in [1.29, 1.82) is 0 Å². The van der Waals surface area contributed by atoms with Crippen LogP contribution < -0.4 is 0 Å². The molecule has 0 aliphatic carbocycles. The summed E-state index contributed by atoms with van der Waals surface area (Å²) in [6.45, 7) is -2.06. The summed E-state index contributed by atoms with van der Waals surface area (Å²) in [6.07, 6.45) is -9.50. The molecule has 19 nitrogen and oxygen atoms in total. The SMILES string of the molecule is [B]C1OC(COP(=O)(O)OP(=O)(O)OP(=O)(O)OP(=O)(O)OCC2OC([B])C(O)C2O)C(O)C1O. The predicted molar refractivity (Wildman–Crippen MR) is 107 cm³/mol. The molecular formula is C10H20B2O19P4. The van der Waals surface area contributed by atoms with E-state index in [-0.39, 0.29) is 0 Å². The van der Waals surface area contributed by atoms with Crippen molar-refractivity contribution in [3.8, 4) is 0 Å². The first kappa shape index (κ1) is 31.7. The summed E-state index contributed by atoms with van der Waals surface area (Å²) in [6, 6.07) is -2.77. The second-order valence-corrected chi connectivity index (χ2v) is 13.2. The number of phosphoric ester groups is 2. The molecule has 200 valence electrons. The lowest BCUT2D eigenvalue weighted by Crippen LogP contribution is -2.34. The third-order valence-electron chi connectivity index (χ3n) is 4.22. The molecule has 2 rings (SSSR count). The van der Waals surface area contributed by atoms with Gasteiger partial charge in [0, 0.05) is 12.0 Å². The van der Waals surface area contributed by atoms with Crippen molar-refractivity contribution in [3.05, 3.63) is 0 Å². The van der Waals surface area contributed by atoms with E-state index in [2.05, 4.69) is 22.0 Å². The summed E-state index contributed by atoms with van der Waals surface area (Å²) in [4.78, 5) is 37.9. The molecular weight excluding hydrogens is 570 g/mol. The van der Waals surface area contributed by atoms with E-state index in [1.807, 2.05) is 0 Å². The first-order valence-corrected chi connectivity index (χ1v) is 15.0. The fourth-order valence-corrected chi connectivity index (χ4v) is 7.59. The van der Waals surface area contributed by atoms with Gasteiger partial charge in [-0.3, -0.25) is 9.05 Å². The minimum Gasteiger partial charge on any atom is -0.388 e. The van der Waals surface area contributed by atoms with Gasteiger partial charge in [0.1, 0.15) is 40.1 Å². The number of hydrogen-bond donors (Lipinski definition) is 8. The van der Waals surface area contributed by atoms with Crippen molar-refractivity contribution >= 4 is 47.0 Å². The Balaban J connectivity index is 1.89. The normalized spacial score (nSPS) is 40.5. The zero-order valence-corrected chi connectivity index (χ0v) is 20.6. The van der Waals surface area contributed by atoms with Gasteiger partial charge in [-0.15, -0.1) is 0 Å². The van der Waals surface area contributed by atoms with E-state index in [1.165, 1.54) is 0 Å². The van der Waals surface area contributed by atoms with Crippen LogP contribution in [0.2, 0.25) is 0 Å². The standard InChI is InChI=1S/C10H20B2O19P4/c11-9-7(15)5(13)3(27-9)1-25-32(17,18)29-34(21,22)31-35(23,24)30-33(19,20)26-2-4-6(14)8(16)10(12)28-4/h3-10,13-16H,1-2H2,(H,17,18)(H,19,20)(H,21,22)(H,23,24). The van der Waals surface area contributed by atoms with Crippen molar-refractivity contribution in [2.24, 2.45) is 0 Å². The molecule has 0 bridgehead atoms. The van der Waals surface area contributed by atoms with Gasteiger partial charge in [-0.05, 0) is 0 Å². The van der Waals surface area contributed by atoms with E-state index >= 15 is 0 Å². The Kier molecular flexibility index (Phi) is 10.6. The average Bonchev–Trinajstić information content (AvgIpc) is 3.06. The maximum Gasteiger partial charge on any atom is 0.490 e. The number of aliphatic hydroxyl groups is 4. The molecule has 8 N–H and O–H groups in total. The minimum absolute atomic E-state index is 1.03. The summed E-state index contributed by atoms with van der Waals surface area (Å²) in [5.41, 5.74) is 0. The topological polar surface area (TPSA) is 295 Å². The van der Waals surface area contributed by atoms with Crippen LogP contribution in [0, 0.1) is 0 Å². The molecule has 0 spiro atoms. The predicted octanol–water partition coefficient (Wildman–Crippen LogP) is -3.30. The maximum absolute atomic E-state index is 11.8. The highest BCUT2D eigenvalue weighted by molar-refractivity contribution is 7.69. The quantitative estimate of drug-likeness (QED) is 0.0816. The van der Waals surface area contributed by atoms with Gasteiger partial charge in [-0.2, -0.15) is 12.9 Å². The lowest BCUT2D eigenvalue weighted by molar-refractivity contribution is -0.00909. The molecule has 12 unspecified atom stereocenters. The number of hydrogen-bond acceptors (Lipinski definition) is 15. The van der Waals surface area contributed by atoms with Crippen LogP contribution >= 0.6 is 31.3 Å². The molecule has 0 saturated carbocycles. The Morgan fingerprint density at radius 2 is 0.857 bits per heavy atom. The molecule has 2 heterocycles. The zero-order valence-electron chi connectivity index (χ0n) is 17.0. The molecule has 0 aromatic rings. The van der Waals surface area contributed by atoms with Gasteiger partial charge in [-0.25, -0.2) is 18.3 Å². The monoisotopic (exact) mass is 590 g/mol. The van der Waals surface area contributed by atoms with Crippen LogP contribution in [0.25, 0.3) is 0 Å². The second kappa shape index (κ2) is 11.7. The molecule has 2 aliphatic rings. The van der Waals surface area contributed by atoms with E-state index in [0.717, 1.165) is 0 Å². The van der Waals surface area contributed by atoms with Gasteiger partial charge in [-0.1, -0.05) is 0 Å². The highest BCUT2D eigenvalue weighted by Crippen LogP contribution is 2.71. The molecule has 4 radical (unpaired) electrons. The van der Waals surface area contributed by atoms with E-state index in [9.17, 15) is 58.3 Å². The van der Waals surface area contributed by atoms with Gasteiger partial charge in [0.2, 0.25) is 0 Å². The Hall–Kier alpha value is 0.450. The van der Waals surface area contributed by atoms with Crippen LogP contribution in [0.15, 0.2) is 0 Å². The lowest BCUT2D eigenvalue weighted by atomic mass is 9.93.